The molecule has 5 heteroatoms. The maximum absolute atomic E-state index is 11.4. The van der Waals surface area contributed by atoms with Crippen LogP contribution in [-0.2, 0) is 9.59 Å². The van der Waals surface area contributed by atoms with Crippen molar-refractivity contribution in [2.24, 2.45) is 0 Å². The maximum Gasteiger partial charge on any atom is 0.247 e. The van der Waals surface area contributed by atoms with Crippen LogP contribution in [0.15, 0.2) is 11.6 Å². The second-order valence-electron chi connectivity index (χ2n) is 3.04. The Morgan fingerprint density at radius 3 is 2.93 bits per heavy atom. The van der Waals surface area contributed by atoms with E-state index in [9.17, 15) is 9.59 Å². The predicted molar refractivity (Wildman–Crippen MR) is 52.6 cm³/mol. The summed E-state index contributed by atoms with van der Waals surface area (Å²) in [6.07, 6.45) is 2.57. The van der Waals surface area contributed by atoms with Gasteiger partial charge in [0.2, 0.25) is 11.8 Å². The molecule has 0 saturated heterocycles. The van der Waals surface area contributed by atoms with Crippen molar-refractivity contribution in [2.75, 3.05) is 26.7 Å². The van der Waals surface area contributed by atoms with Gasteiger partial charge in [0.1, 0.15) is 0 Å². The molecular weight excluding hydrogens is 182 g/mol. The molecule has 1 aliphatic rings. The van der Waals surface area contributed by atoms with Crippen LogP contribution < -0.4 is 16.0 Å². The molecule has 0 aliphatic carbocycles. The van der Waals surface area contributed by atoms with E-state index in [4.69, 9.17) is 0 Å². The maximum atomic E-state index is 11.4. The summed E-state index contributed by atoms with van der Waals surface area (Å²) in [6, 6.07) is 0. The molecule has 0 aromatic heterocycles. The lowest BCUT2D eigenvalue weighted by Crippen LogP contribution is -2.37. The number of rotatable bonds is 3. The van der Waals surface area contributed by atoms with Crippen LogP contribution in [-0.4, -0.2) is 38.5 Å². The Morgan fingerprint density at radius 1 is 1.57 bits per heavy atom. The van der Waals surface area contributed by atoms with Crippen molar-refractivity contribution in [3.8, 4) is 0 Å². The Balaban J connectivity index is 2.34. The van der Waals surface area contributed by atoms with Gasteiger partial charge in [-0.3, -0.25) is 9.59 Å². The molecule has 1 heterocycles. The van der Waals surface area contributed by atoms with Crippen molar-refractivity contribution in [1.29, 1.82) is 0 Å². The molecule has 0 unspecified atom stereocenters. The number of hydrogen-bond donors (Lipinski definition) is 3. The lowest BCUT2D eigenvalue weighted by atomic mass is 10.1. The Hall–Kier alpha value is -1.36. The molecule has 5 nitrogen and oxygen atoms in total. The highest BCUT2D eigenvalue weighted by atomic mass is 16.2. The van der Waals surface area contributed by atoms with E-state index in [1.54, 1.807) is 0 Å². The summed E-state index contributed by atoms with van der Waals surface area (Å²) >= 11 is 0. The molecule has 0 spiro atoms. The molecule has 78 valence electrons. The van der Waals surface area contributed by atoms with Gasteiger partial charge in [0.25, 0.3) is 0 Å². The molecule has 2 amide bonds. The first-order valence-corrected chi connectivity index (χ1v) is 4.62. The van der Waals surface area contributed by atoms with Gasteiger partial charge < -0.3 is 16.0 Å². The first-order chi connectivity index (χ1) is 6.74. The molecule has 14 heavy (non-hydrogen) atoms. The zero-order valence-electron chi connectivity index (χ0n) is 8.22. The summed E-state index contributed by atoms with van der Waals surface area (Å²) in [4.78, 5) is 22.3. The van der Waals surface area contributed by atoms with Gasteiger partial charge in [0.15, 0.2) is 0 Å². The van der Waals surface area contributed by atoms with Gasteiger partial charge in [-0.2, -0.15) is 0 Å². The van der Waals surface area contributed by atoms with Gasteiger partial charge >= 0.3 is 0 Å². The third-order valence-electron chi connectivity index (χ3n) is 2.04. The van der Waals surface area contributed by atoms with E-state index in [2.05, 4.69) is 16.0 Å². The molecule has 0 bridgehead atoms. The number of nitrogens with one attached hydrogen (secondary N) is 3. The summed E-state index contributed by atoms with van der Waals surface area (Å²) < 4.78 is 0. The highest BCUT2D eigenvalue weighted by Gasteiger charge is 2.11. The molecule has 3 N–H and O–H groups in total. The number of amides is 2. The lowest BCUT2D eigenvalue weighted by molar-refractivity contribution is -0.124. The number of carbonyl (C=O) groups is 2. The minimum atomic E-state index is -0.187. The topological polar surface area (TPSA) is 70.2 Å². The van der Waals surface area contributed by atoms with Gasteiger partial charge in [0, 0.05) is 19.2 Å². The van der Waals surface area contributed by atoms with Crippen molar-refractivity contribution >= 4 is 11.8 Å². The summed E-state index contributed by atoms with van der Waals surface area (Å²) in [5, 5.41) is 8.10. The number of likely N-dealkylation sites (N-methyl/N-ethyl adjacent to an activating group) is 1. The van der Waals surface area contributed by atoms with E-state index in [1.165, 1.54) is 7.05 Å². The minimum Gasteiger partial charge on any atom is -0.358 e. The first kappa shape index (κ1) is 10.7. The average molecular weight is 197 g/mol. The highest BCUT2D eigenvalue weighted by molar-refractivity contribution is 5.95. The summed E-state index contributed by atoms with van der Waals surface area (Å²) in [5.74, 6) is -0.331. The molecule has 1 aliphatic heterocycles. The van der Waals surface area contributed by atoms with Crippen LogP contribution in [0.5, 0.6) is 0 Å². The van der Waals surface area contributed by atoms with E-state index in [0.717, 1.165) is 25.1 Å². The zero-order valence-corrected chi connectivity index (χ0v) is 8.22. The van der Waals surface area contributed by atoms with E-state index < -0.39 is 0 Å². The Kier molecular flexibility index (Phi) is 4.12. The van der Waals surface area contributed by atoms with Crippen molar-refractivity contribution in [3.63, 3.8) is 0 Å². The monoisotopic (exact) mass is 197 g/mol. The van der Waals surface area contributed by atoms with Gasteiger partial charge in [-0.25, -0.2) is 0 Å². The van der Waals surface area contributed by atoms with Crippen molar-refractivity contribution < 1.29 is 9.59 Å². The normalized spacial score (nSPS) is 15.6. The minimum absolute atomic E-state index is 0.0418. The largest absolute Gasteiger partial charge is 0.358 e. The lowest BCUT2D eigenvalue weighted by Gasteiger charge is -2.13. The summed E-state index contributed by atoms with van der Waals surface area (Å²) in [7, 11) is 1.54. The van der Waals surface area contributed by atoms with Crippen molar-refractivity contribution in [3.05, 3.63) is 11.6 Å². The van der Waals surface area contributed by atoms with Crippen LogP contribution in [0, 0.1) is 0 Å². The van der Waals surface area contributed by atoms with Gasteiger partial charge in [-0.1, -0.05) is 6.08 Å². The van der Waals surface area contributed by atoms with Crippen LogP contribution >= 0.6 is 0 Å². The average Bonchev–Trinajstić information content (AvgIpc) is 2.26. The van der Waals surface area contributed by atoms with Crippen LogP contribution in [0.1, 0.15) is 6.42 Å². The molecule has 0 aromatic carbocycles. The van der Waals surface area contributed by atoms with E-state index in [-0.39, 0.29) is 18.4 Å². The van der Waals surface area contributed by atoms with Crippen LogP contribution in [0.25, 0.3) is 0 Å². The molecule has 1 rings (SSSR count). The van der Waals surface area contributed by atoms with Gasteiger partial charge in [-0.05, 0) is 13.0 Å². The van der Waals surface area contributed by atoms with Crippen LogP contribution in [0.2, 0.25) is 0 Å². The Morgan fingerprint density at radius 2 is 2.36 bits per heavy atom. The fourth-order valence-electron chi connectivity index (χ4n) is 1.19. The Labute approximate surface area is 82.9 Å². The van der Waals surface area contributed by atoms with Crippen molar-refractivity contribution in [2.45, 2.75) is 6.42 Å². The van der Waals surface area contributed by atoms with Gasteiger partial charge in [-0.15, -0.1) is 0 Å². The van der Waals surface area contributed by atoms with Crippen LogP contribution in [0.3, 0.4) is 0 Å². The molecule has 0 saturated carbocycles. The first-order valence-electron chi connectivity index (χ1n) is 4.62. The van der Waals surface area contributed by atoms with Crippen molar-refractivity contribution in [1.82, 2.24) is 16.0 Å². The van der Waals surface area contributed by atoms with E-state index in [1.807, 2.05) is 6.08 Å². The molecule has 0 radical (unpaired) electrons. The smallest absolute Gasteiger partial charge is 0.247 e. The SMILES string of the molecule is CNC(=O)CNC(=O)C1=CCNCC1. The summed E-state index contributed by atoms with van der Waals surface area (Å²) in [5.41, 5.74) is 0.757. The quantitative estimate of drug-likeness (QED) is 0.530. The third-order valence-corrected chi connectivity index (χ3v) is 2.04. The highest BCUT2D eigenvalue weighted by Crippen LogP contribution is 2.03. The fourth-order valence-corrected chi connectivity index (χ4v) is 1.19. The van der Waals surface area contributed by atoms with E-state index in [0.29, 0.717) is 0 Å². The molecule has 0 atom stereocenters. The standard InChI is InChI=1S/C9H15N3O2/c1-10-8(13)6-12-9(14)7-2-4-11-5-3-7/h2,11H,3-6H2,1H3,(H,10,13)(H,12,14). The van der Waals surface area contributed by atoms with Gasteiger partial charge in [0.05, 0.1) is 6.54 Å². The van der Waals surface area contributed by atoms with Crippen LogP contribution in [0.4, 0.5) is 0 Å². The number of carbonyl (C=O) groups excluding carboxylic acids is 2. The molecular formula is C9H15N3O2. The Bertz CT molecular complexity index is 261. The third kappa shape index (κ3) is 3.18. The summed E-state index contributed by atoms with van der Waals surface area (Å²) in [6.45, 7) is 1.59. The second-order valence-corrected chi connectivity index (χ2v) is 3.04. The molecule has 0 fully saturated rings. The molecule has 0 aromatic rings. The predicted octanol–water partition coefficient (Wildman–Crippen LogP) is -1.23. The zero-order chi connectivity index (χ0) is 10.4. The number of hydrogen-bond acceptors (Lipinski definition) is 3. The fraction of sp³-hybridized carbons (Fsp3) is 0.556. The second kappa shape index (κ2) is 5.39. The van der Waals surface area contributed by atoms with E-state index >= 15 is 0 Å².